The lowest BCUT2D eigenvalue weighted by molar-refractivity contribution is 0.585. The molecule has 1 aromatic carbocycles. The number of hydrogen-bond donors (Lipinski definition) is 1. The number of aromatic nitrogens is 2. The number of nitrogens with zero attached hydrogens (tertiary/aromatic N) is 2. The molecule has 1 aromatic heterocycles. The quantitative estimate of drug-likeness (QED) is 0.944. The summed E-state index contributed by atoms with van der Waals surface area (Å²) in [6.07, 6.45) is 4.17. The zero-order chi connectivity index (χ0) is 11.5. The van der Waals surface area contributed by atoms with Gasteiger partial charge in [-0.3, -0.25) is 0 Å². The van der Waals surface area contributed by atoms with Crippen molar-refractivity contribution in [2.24, 2.45) is 0 Å². The number of fused-ring (bicyclic) bond motifs is 1. The van der Waals surface area contributed by atoms with Gasteiger partial charge in [-0.15, -0.1) is 24.8 Å². The topological polar surface area (TPSA) is 29.9 Å². The lowest BCUT2D eigenvalue weighted by atomic mass is 10.1. The molecule has 1 N–H and O–H groups in total. The van der Waals surface area contributed by atoms with Crippen molar-refractivity contribution in [3.63, 3.8) is 0 Å². The first-order chi connectivity index (χ1) is 8.43. The fourth-order valence-electron chi connectivity index (χ4n) is 2.39. The lowest BCUT2D eigenvalue weighted by Gasteiger charge is -2.15. The van der Waals surface area contributed by atoms with Gasteiger partial charge in [-0.25, -0.2) is 4.98 Å². The number of hydrogen-bond acceptors (Lipinski definition) is 2. The molecule has 19 heavy (non-hydrogen) atoms. The number of benzene rings is 1. The SMILES string of the molecule is Cl.Cl.c1ccc(CCn2cnc3c2CCNC3)cc1. The normalized spacial score (nSPS) is 13.1. The minimum Gasteiger partial charge on any atom is -0.334 e. The number of nitrogens with one attached hydrogen (secondary N) is 1. The predicted molar refractivity (Wildman–Crippen MR) is 82.3 cm³/mol. The van der Waals surface area contributed by atoms with Gasteiger partial charge in [-0.05, 0) is 12.0 Å². The second-order valence-corrected chi connectivity index (χ2v) is 4.49. The fraction of sp³-hybridized carbons (Fsp3) is 0.357. The van der Waals surface area contributed by atoms with Crippen LogP contribution in [0.5, 0.6) is 0 Å². The molecule has 0 amide bonds. The van der Waals surface area contributed by atoms with Crippen LogP contribution in [0.2, 0.25) is 0 Å². The van der Waals surface area contributed by atoms with Gasteiger partial charge in [0.15, 0.2) is 0 Å². The van der Waals surface area contributed by atoms with Crippen molar-refractivity contribution >= 4 is 24.8 Å². The van der Waals surface area contributed by atoms with E-state index >= 15 is 0 Å². The van der Waals surface area contributed by atoms with Gasteiger partial charge in [0.25, 0.3) is 0 Å². The highest BCUT2D eigenvalue weighted by Crippen LogP contribution is 2.13. The Kier molecular flexibility index (Phi) is 6.35. The molecule has 0 radical (unpaired) electrons. The third-order valence-electron chi connectivity index (χ3n) is 3.35. The molecule has 0 aliphatic carbocycles. The molecule has 0 unspecified atom stereocenters. The summed E-state index contributed by atoms with van der Waals surface area (Å²) in [4.78, 5) is 4.47. The van der Waals surface area contributed by atoms with E-state index in [0.717, 1.165) is 32.5 Å². The zero-order valence-corrected chi connectivity index (χ0v) is 12.3. The Labute approximate surface area is 126 Å². The average molecular weight is 300 g/mol. The number of halogens is 2. The monoisotopic (exact) mass is 299 g/mol. The Morgan fingerprint density at radius 2 is 1.95 bits per heavy atom. The molecule has 104 valence electrons. The summed E-state index contributed by atoms with van der Waals surface area (Å²) in [5.41, 5.74) is 4.04. The summed E-state index contributed by atoms with van der Waals surface area (Å²) in [7, 11) is 0. The van der Waals surface area contributed by atoms with E-state index in [0.29, 0.717) is 0 Å². The third-order valence-corrected chi connectivity index (χ3v) is 3.35. The maximum absolute atomic E-state index is 4.47. The first-order valence-electron chi connectivity index (χ1n) is 6.21. The minimum absolute atomic E-state index is 0. The molecule has 3 rings (SSSR count). The van der Waals surface area contributed by atoms with Crippen molar-refractivity contribution < 1.29 is 0 Å². The number of aryl methyl sites for hydroxylation is 2. The lowest BCUT2D eigenvalue weighted by Crippen LogP contribution is -2.25. The molecule has 0 fully saturated rings. The summed E-state index contributed by atoms with van der Waals surface area (Å²) >= 11 is 0. The van der Waals surface area contributed by atoms with Crippen molar-refractivity contribution in [2.45, 2.75) is 25.9 Å². The van der Waals surface area contributed by atoms with Gasteiger partial charge in [0, 0.05) is 31.7 Å². The first-order valence-corrected chi connectivity index (χ1v) is 6.21. The summed E-state index contributed by atoms with van der Waals surface area (Å²) in [6, 6.07) is 10.6. The van der Waals surface area contributed by atoms with Crippen LogP contribution in [0, 0.1) is 0 Å². The Hall–Kier alpha value is -1.03. The predicted octanol–water partition coefficient (Wildman–Crippen LogP) is 2.62. The molecule has 2 aromatic rings. The van der Waals surface area contributed by atoms with Gasteiger partial charge >= 0.3 is 0 Å². The Morgan fingerprint density at radius 3 is 2.74 bits per heavy atom. The molecule has 0 atom stereocenters. The van der Waals surface area contributed by atoms with Gasteiger partial charge < -0.3 is 9.88 Å². The van der Waals surface area contributed by atoms with Crippen LogP contribution in [0.1, 0.15) is 17.0 Å². The van der Waals surface area contributed by atoms with Crippen LogP contribution in [-0.4, -0.2) is 16.1 Å². The second-order valence-electron chi connectivity index (χ2n) is 4.49. The number of rotatable bonds is 3. The number of imidazole rings is 1. The zero-order valence-electron chi connectivity index (χ0n) is 10.7. The molecule has 0 spiro atoms. The van der Waals surface area contributed by atoms with Gasteiger partial charge in [0.1, 0.15) is 0 Å². The van der Waals surface area contributed by atoms with E-state index < -0.39 is 0 Å². The molecule has 3 nitrogen and oxygen atoms in total. The van der Waals surface area contributed by atoms with E-state index in [2.05, 4.69) is 45.2 Å². The van der Waals surface area contributed by atoms with Crippen LogP contribution in [0.3, 0.4) is 0 Å². The summed E-state index contributed by atoms with van der Waals surface area (Å²) in [6.45, 7) is 3.03. The van der Waals surface area contributed by atoms with E-state index in [-0.39, 0.29) is 24.8 Å². The fourth-order valence-corrected chi connectivity index (χ4v) is 2.39. The van der Waals surface area contributed by atoms with Crippen molar-refractivity contribution in [3.8, 4) is 0 Å². The Balaban J connectivity index is 0.000000902. The molecule has 0 bridgehead atoms. The van der Waals surface area contributed by atoms with Gasteiger partial charge in [-0.2, -0.15) is 0 Å². The van der Waals surface area contributed by atoms with Crippen LogP contribution >= 0.6 is 24.8 Å². The third kappa shape index (κ3) is 3.72. The van der Waals surface area contributed by atoms with E-state index in [1.165, 1.54) is 17.0 Å². The first kappa shape index (κ1) is 16.0. The van der Waals surface area contributed by atoms with E-state index in [4.69, 9.17) is 0 Å². The largest absolute Gasteiger partial charge is 0.334 e. The van der Waals surface area contributed by atoms with Gasteiger partial charge in [-0.1, -0.05) is 30.3 Å². The summed E-state index contributed by atoms with van der Waals surface area (Å²) < 4.78 is 2.31. The highest BCUT2D eigenvalue weighted by molar-refractivity contribution is 5.85. The van der Waals surface area contributed by atoms with Crippen LogP contribution in [-0.2, 0) is 25.9 Å². The van der Waals surface area contributed by atoms with Crippen molar-refractivity contribution in [3.05, 3.63) is 53.6 Å². The summed E-state index contributed by atoms with van der Waals surface area (Å²) in [5, 5.41) is 3.35. The molecular formula is C14H19Cl2N3. The molecule has 0 saturated carbocycles. The highest BCUT2D eigenvalue weighted by Gasteiger charge is 2.14. The molecule has 1 aliphatic heterocycles. The molecule has 1 aliphatic rings. The van der Waals surface area contributed by atoms with E-state index in [9.17, 15) is 0 Å². The standard InChI is InChI=1S/C14H17N3.2ClH/c1-2-4-12(5-3-1)7-9-17-11-16-13-10-15-8-6-14(13)17;;/h1-5,11,15H,6-10H2;2*1H. The van der Waals surface area contributed by atoms with Crippen LogP contribution in [0.4, 0.5) is 0 Å². The van der Waals surface area contributed by atoms with E-state index in [1.54, 1.807) is 0 Å². The molecule has 2 heterocycles. The Bertz CT molecular complexity index is 497. The van der Waals surface area contributed by atoms with Gasteiger partial charge in [0.2, 0.25) is 0 Å². The second kappa shape index (κ2) is 7.53. The van der Waals surface area contributed by atoms with Crippen molar-refractivity contribution in [2.75, 3.05) is 6.54 Å². The van der Waals surface area contributed by atoms with Gasteiger partial charge in [0.05, 0.1) is 12.0 Å². The maximum atomic E-state index is 4.47. The summed E-state index contributed by atoms with van der Waals surface area (Å²) in [5.74, 6) is 0. The van der Waals surface area contributed by atoms with Crippen LogP contribution in [0.25, 0.3) is 0 Å². The smallest absolute Gasteiger partial charge is 0.0952 e. The van der Waals surface area contributed by atoms with Crippen molar-refractivity contribution in [1.82, 2.24) is 14.9 Å². The Morgan fingerprint density at radius 1 is 1.16 bits per heavy atom. The minimum atomic E-state index is 0. The maximum Gasteiger partial charge on any atom is 0.0952 e. The molecular weight excluding hydrogens is 281 g/mol. The highest BCUT2D eigenvalue weighted by atomic mass is 35.5. The average Bonchev–Trinajstić information content (AvgIpc) is 2.81. The molecule has 5 heteroatoms. The molecule has 0 saturated heterocycles. The van der Waals surface area contributed by atoms with Crippen molar-refractivity contribution in [1.29, 1.82) is 0 Å². The van der Waals surface area contributed by atoms with Crippen LogP contribution in [0.15, 0.2) is 36.7 Å². The van der Waals surface area contributed by atoms with E-state index in [1.807, 2.05) is 6.33 Å². The van der Waals surface area contributed by atoms with Crippen LogP contribution < -0.4 is 5.32 Å².